The smallest absolute Gasteiger partial charge is 0.289 e. The summed E-state index contributed by atoms with van der Waals surface area (Å²) in [6.07, 6.45) is 0. The lowest BCUT2D eigenvalue weighted by atomic mass is 10.2. The van der Waals surface area contributed by atoms with Gasteiger partial charge in [0.05, 0.1) is 17.1 Å². The van der Waals surface area contributed by atoms with Gasteiger partial charge >= 0.3 is 0 Å². The lowest BCUT2D eigenvalue weighted by molar-refractivity contribution is 0.662. The summed E-state index contributed by atoms with van der Waals surface area (Å²) in [6.45, 7) is 13.6. The minimum Gasteiger partial charge on any atom is -0.365 e. The summed E-state index contributed by atoms with van der Waals surface area (Å²) in [7, 11) is 0. The molecule has 5 heterocycles. The lowest BCUT2D eigenvalue weighted by Crippen LogP contribution is -2.13. The lowest BCUT2D eigenvalue weighted by Gasteiger charge is -2.02. The van der Waals surface area contributed by atoms with Crippen molar-refractivity contribution in [2.45, 2.75) is 48.5 Å². The fraction of sp³-hybridized carbons (Fsp3) is 0.269. The molecule has 6 rings (SSSR count). The summed E-state index contributed by atoms with van der Waals surface area (Å²) in [5, 5.41) is 43.8. The van der Waals surface area contributed by atoms with Gasteiger partial charge in [-0.25, -0.2) is 14.0 Å². The molecule has 218 valence electrons. The molecule has 0 atom stereocenters. The minimum absolute atomic E-state index is 0. The number of nitrogens with zero attached hydrogens (tertiary/aromatic N) is 14. The second-order valence-corrected chi connectivity index (χ2v) is 9.23. The van der Waals surface area contributed by atoms with E-state index in [2.05, 4.69) is 75.1 Å². The third-order valence-corrected chi connectivity index (χ3v) is 5.48. The molecule has 0 saturated carbocycles. The Balaban J connectivity index is 0.000000191. The van der Waals surface area contributed by atoms with Crippen molar-refractivity contribution in [3.8, 4) is 17.8 Å². The van der Waals surface area contributed by atoms with E-state index in [9.17, 15) is 0 Å². The van der Waals surface area contributed by atoms with Gasteiger partial charge in [0, 0.05) is 17.1 Å². The number of hydrogen-bond donors (Lipinski definition) is 2. The van der Waals surface area contributed by atoms with Crippen LogP contribution in [-0.4, -0.2) is 70.1 Å². The van der Waals surface area contributed by atoms with Crippen LogP contribution in [0.2, 0.25) is 0 Å². The number of aryl methyl sites for hydroxylation is 7. The quantitative estimate of drug-likeness (QED) is 0.313. The van der Waals surface area contributed by atoms with Crippen molar-refractivity contribution < 1.29 is 0 Å². The van der Waals surface area contributed by atoms with Gasteiger partial charge in [0.15, 0.2) is 0 Å². The van der Waals surface area contributed by atoms with E-state index in [1.807, 2.05) is 77.9 Å². The first kappa shape index (κ1) is 31.0. The second kappa shape index (κ2) is 13.7. The van der Waals surface area contributed by atoms with E-state index in [1.165, 1.54) is 5.56 Å². The number of aromatic nitrogens is 14. The van der Waals surface area contributed by atoms with Gasteiger partial charge in [-0.15, -0.1) is 40.8 Å². The Kier molecular flexibility index (Phi) is 10.1. The van der Waals surface area contributed by atoms with Crippen LogP contribution in [0.25, 0.3) is 17.8 Å². The van der Waals surface area contributed by atoms with Crippen LogP contribution in [0.15, 0.2) is 48.5 Å². The number of benzene rings is 1. The van der Waals surface area contributed by atoms with Crippen LogP contribution in [0.5, 0.6) is 0 Å². The van der Waals surface area contributed by atoms with E-state index in [0.717, 1.165) is 34.2 Å². The van der Waals surface area contributed by atoms with Gasteiger partial charge in [0.2, 0.25) is 0 Å². The van der Waals surface area contributed by atoms with Crippen LogP contribution in [0.1, 0.15) is 39.7 Å². The van der Waals surface area contributed by atoms with Crippen LogP contribution in [0.4, 0.5) is 5.95 Å². The number of rotatable bonds is 3. The summed E-state index contributed by atoms with van der Waals surface area (Å²) in [6, 6.07) is 16.1. The van der Waals surface area contributed by atoms with E-state index in [4.69, 9.17) is 5.73 Å². The molecule has 0 amide bonds. The van der Waals surface area contributed by atoms with Crippen molar-refractivity contribution in [2.75, 3.05) is 5.73 Å². The third-order valence-electron chi connectivity index (χ3n) is 5.48. The van der Waals surface area contributed by atoms with Crippen molar-refractivity contribution in [3.05, 3.63) is 88.3 Å². The molecule has 0 aliphatic heterocycles. The fourth-order valence-electron chi connectivity index (χ4n) is 3.73. The SMILES string of the molecule is Cc1cc(C)n(-c2nnc(-n3nc(C)cc3C)nn2)n1.Cc1cc(C)n(-c2nnc(N)nn2)n1.Cc1ccccc1.N. The molecule has 0 saturated heterocycles. The predicted octanol–water partition coefficient (Wildman–Crippen LogP) is 2.68. The van der Waals surface area contributed by atoms with Crippen molar-refractivity contribution in [2.24, 2.45) is 0 Å². The number of nitrogen functional groups attached to an aromatic ring is 1. The van der Waals surface area contributed by atoms with Gasteiger partial charge in [-0.2, -0.15) is 15.3 Å². The Morgan fingerprint density at radius 2 is 0.786 bits per heavy atom. The van der Waals surface area contributed by atoms with Crippen LogP contribution in [0, 0.1) is 48.5 Å². The molecule has 0 fully saturated rings. The summed E-state index contributed by atoms with van der Waals surface area (Å²) in [5.41, 5.74) is 12.1. The molecular formula is C26H34N16. The Bertz CT molecular complexity index is 1630. The van der Waals surface area contributed by atoms with E-state index in [1.54, 1.807) is 14.0 Å². The normalized spacial score (nSPS) is 10.2. The van der Waals surface area contributed by atoms with Gasteiger partial charge in [0.25, 0.3) is 23.8 Å². The van der Waals surface area contributed by atoms with Crippen LogP contribution >= 0.6 is 0 Å². The van der Waals surface area contributed by atoms with Crippen LogP contribution in [-0.2, 0) is 0 Å². The average Bonchev–Trinajstić information content (AvgIpc) is 3.59. The highest BCUT2D eigenvalue weighted by Crippen LogP contribution is 2.09. The number of anilines is 1. The third kappa shape index (κ3) is 7.79. The van der Waals surface area contributed by atoms with E-state index in [0.29, 0.717) is 17.8 Å². The summed E-state index contributed by atoms with van der Waals surface area (Å²) < 4.78 is 4.79. The summed E-state index contributed by atoms with van der Waals surface area (Å²) in [4.78, 5) is 0. The van der Waals surface area contributed by atoms with Gasteiger partial charge in [-0.05, 0) is 66.7 Å². The highest BCUT2D eigenvalue weighted by atomic mass is 15.5. The molecule has 16 heteroatoms. The fourth-order valence-corrected chi connectivity index (χ4v) is 3.73. The molecule has 0 spiro atoms. The number of hydrogen-bond acceptors (Lipinski definition) is 13. The van der Waals surface area contributed by atoms with Crippen molar-refractivity contribution in [1.29, 1.82) is 0 Å². The highest BCUT2D eigenvalue weighted by molar-refractivity contribution is 5.20. The molecule has 16 nitrogen and oxygen atoms in total. The maximum absolute atomic E-state index is 5.27. The molecule has 6 aromatic rings. The van der Waals surface area contributed by atoms with Crippen LogP contribution in [0.3, 0.4) is 0 Å². The standard InChI is InChI=1S/C12H14N8.C7H9N7.C7H8.H3N/c1-7-5-9(3)19(17-7)11-13-15-12(16-14-11)20-10(4)6-8(2)18-20;1-4-3-5(2)14(13-4)7-11-9-6(8)10-12-7;1-7-5-3-2-4-6-7;/h5-6H,1-4H3;3H,1-2H3,(H2,8,9,10);2-6H,1H3;1H3. The topological polar surface area (TPSA) is 218 Å². The highest BCUT2D eigenvalue weighted by Gasteiger charge is 2.11. The largest absolute Gasteiger partial charge is 0.365 e. The molecule has 1 aromatic carbocycles. The van der Waals surface area contributed by atoms with Gasteiger partial charge in [0.1, 0.15) is 0 Å². The van der Waals surface area contributed by atoms with Crippen molar-refractivity contribution in [3.63, 3.8) is 0 Å². The van der Waals surface area contributed by atoms with Crippen molar-refractivity contribution >= 4 is 5.95 Å². The minimum atomic E-state index is 0. The maximum atomic E-state index is 5.27. The predicted molar refractivity (Wildman–Crippen MR) is 156 cm³/mol. The Labute approximate surface area is 242 Å². The Hall–Kier alpha value is -5.51. The molecule has 5 N–H and O–H groups in total. The van der Waals surface area contributed by atoms with Gasteiger partial charge in [-0.1, -0.05) is 35.9 Å². The zero-order valence-corrected chi connectivity index (χ0v) is 24.7. The average molecular weight is 571 g/mol. The molecule has 0 aliphatic carbocycles. The molecular weight excluding hydrogens is 536 g/mol. The van der Waals surface area contributed by atoms with Gasteiger partial charge in [-0.3, -0.25) is 0 Å². The van der Waals surface area contributed by atoms with E-state index < -0.39 is 0 Å². The second-order valence-electron chi connectivity index (χ2n) is 9.23. The summed E-state index contributed by atoms with van der Waals surface area (Å²) >= 11 is 0. The molecule has 5 aromatic heterocycles. The molecule has 0 radical (unpaired) electrons. The van der Waals surface area contributed by atoms with E-state index in [-0.39, 0.29) is 12.1 Å². The van der Waals surface area contributed by atoms with Crippen molar-refractivity contribution in [1.82, 2.24) is 76.3 Å². The Morgan fingerprint density at radius 1 is 0.476 bits per heavy atom. The molecule has 0 aliphatic rings. The first-order valence-corrected chi connectivity index (χ1v) is 12.6. The molecule has 0 bridgehead atoms. The summed E-state index contributed by atoms with van der Waals surface area (Å²) in [5.74, 6) is 1.07. The Morgan fingerprint density at radius 3 is 1.02 bits per heavy atom. The zero-order chi connectivity index (χ0) is 29.5. The van der Waals surface area contributed by atoms with E-state index >= 15 is 0 Å². The maximum Gasteiger partial charge on any atom is 0.289 e. The van der Waals surface area contributed by atoms with Crippen LogP contribution < -0.4 is 11.9 Å². The first-order valence-electron chi connectivity index (χ1n) is 12.6. The molecule has 0 unspecified atom stereocenters. The monoisotopic (exact) mass is 570 g/mol. The zero-order valence-electron chi connectivity index (χ0n) is 24.7. The van der Waals surface area contributed by atoms with Gasteiger partial charge < -0.3 is 11.9 Å². The number of nitrogens with two attached hydrogens (primary N) is 1. The molecule has 42 heavy (non-hydrogen) atoms. The first-order chi connectivity index (χ1) is 19.6.